The van der Waals surface area contributed by atoms with Gasteiger partial charge in [0.05, 0.1) is 0 Å². The van der Waals surface area contributed by atoms with Crippen LogP contribution in [-0.4, -0.2) is 25.4 Å². The largest absolute Gasteiger partial charge is 0.364 e. The second-order valence-electron chi connectivity index (χ2n) is 3.45. The number of fused-ring (bicyclic) bond motifs is 2. The first-order valence-corrected chi connectivity index (χ1v) is 4.46. The summed E-state index contributed by atoms with van der Waals surface area (Å²) in [6, 6.07) is 0. The van der Waals surface area contributed by atoms with E-state index < -0.39 is 0 Å². The monoisotopic (exact) mass is 164 g/mol. The van der Waals surface area contributed by atoms with Gasteiger partial charge in [0.25, 0.3) is 0 Å². The van der Waals surface area contributed by atoms with Gasteiger partial charge < -0.3 is 15.4 Å². The van der Waals surface area contributed by atoms with Crippen molar-refractivity contribution < 1.29 is 4.74 Å². The molecule has 3 aliphatic rings. The van der Waals surface area contributed by atoms with Crippen molar-refractivity contribution in [3.8, 4) is 0 Å². The molecule has 3 heteroatoms. The third-order valence-electron chi connectivity index (χ3n) is 2.68. The van der Waals surface area contributed by atoms with E-state index in [2.05, 4.69) is 16.7 Å². The van der Waals surface area contributed by atoms with E-state index in [9.17, 15) is 0 Å². The number of hydrogen-bond donors (Lipinski definition) is 2. The quantitative estimate of drug-likeness (QED) is 0.499. The van der Waals surface area contributed by atoms with E-state index in [0.29, 0.717) is 6.10 Å². The first kappa shape index (κ1) is 6.69. The van der Waals surface area contributed by atoms with Crippen molar-refractivity contribution in [3.63, 3.8) is 0 Å². The Balaban J connectivity index is 1.97. The molecule has 0 aromatic carbocycles. The van der Waals surface area contributed by atoms with Crippen LogP contribution in [0.5, 0.6) is 0 Å². The molecular formula is C9H12N2O. The normalized spacial score (nSPS) is 38.0. The van der Waals surface area contributed by atoms with Gasteiger partial charge in [0.15, 0.2) is 6.23 Å². The number of hydrogen-bond acceptors (Lipinski definition) is 3. The molecule has 64 valence electrons. The minimum absolute atomic E-state index is 0.270. The first-order chi connectivity index (χ1) is 5.95. The van der Waals surface area contributed by atoms with Gasteiger partial charge in [-0.2, -0.15) is 0 Å². The van der Waals surface area contributed by atoms with E-state index in [0.717, 1.165) is 19.5 Å². The summed E-state index contributed by atoms with van der Waals surface area (Å²) in [7, 11) is 0. The van der Waals surface area contributed by atoms with Crippen molar-refractivity contribution in [1.29, 1.82) is 0 Å². The lowest BCUT2D eigenvalue weighted by atomic mass is 9.99. The third-order valence-corrected chi connectivity index (χ3v) is 2.68. The molecule has 0 amide bonds. The summed E-state index contributed by atoms with van der Waals surface area (Å²) in [6.07, 6.45) is 5.95. The molecule has 12 heavy (non-hydrogen) atoms. The van der Waals surface area contributed by atoms with E-state index in [4.69, 9.17) is 4.74 Å². The Labute approximate surface area is 71.5 Å². The molecule has 2 N–H and O–H groups in total. The highest BCUT2D eigenvalue weighted by Crippen LogP contribution is 2.34. The minimum Gasteiger partial charge on any atom is -0.364 e. The molecule has 2 unspecified atom stereocenters. The van der Waals surface area contributed by atoms with E-state index >= 15 is 0 Å². The minimum atomic E-state index is 0.270. The zero-order valence-corrected chi connectivity index (χ0v) is 6.84. The predicted octanol–water partition coefficient (Wildman–Crippen LogP) is 0.118. The van der Waals surface area contributed by atoms with Crippen LogP contribution in [0.15, 0.2) is 23.4 Å². The zero-order chi connectivity index (χ0) is 7.97. The molecule has 3 aliphatic heterocycles. The van der Waals surface area contributed by atoms with Gasteiger partial charge in [0, 0.05) is 6.54 Å². The summed E-state index contributed by atoms with van der Waals surface area (Å²) >= 11 is 0. The summed E-state index contributed by atoms with van der Waals surface area (Å²) in [6.45, 7) is 2.10. The van der Waals surface area contributed by atoms with Crippen LogP contribution in [0.2, 0.25) is 0 Å². The summed E-state index contributed by atoms with van der Waals surface area (Å²) in [4.78, 5) is 0. The fourth-order valence-electron chi connectivity index (χ4n) is 1.96. The Hall–Kier alpha value is -0.800. The topological polar surface area (TPSA) is 36.6 Å². The smallest absolute Gasteiger partial charge is 0.158 e. The molecule has 2 atom stereocenters. The fourth-order valence-corrected chi connectivity index (χ4v) is 1.96. The average Bonchev–Trinajstić information content (AvgIpc) is 2.82. The van der Waals surface area contributed by atoms with Gasteiger partial charge in [-0.25, -0.2) is 0 Å². The van der Waals surface area contributed by atoms with E-state index in [-0.39, 0.29) is 6.23 Å². The van der Waals surface area contributed by atoms with Gasteiger partial charge in [-0.3, -0.25) is 0 Å². The van der Waals surface area contributed by atoms with Crippen LogP contribution in [0.4, 0.5) is 0 Å². The van der Waals surface area contributed by atoms with Crippen LogP contribution in [0.3, 0.4) is 0 Å². The number of nitrogens with one attached hydrogen (secondary N) is 2. The van der Waals surface area contributed by atoms with Crippen molar-refractivity contribution in [2.24, 2.45) is 0 Å². The molecule has 0 aliphatic carbocycles. The standard InChI is InChI=1S/C9H12N2O/c1-4-11-9-8(12-9)7-2-3-10-5-6(1)7/h1,4,8-11H,2-3,5H2. The molecule has 0 spiro atoms. The maximum Gasteiger partial charge on any atom is 0.158 e. The lowest BCUT2D eigenvalue weighted by Gasteiger charge is -2.16. The maximum atomic E-state index is 5.48. The van der Waals surface area contributed by atoms with Crippen LogP contribution in [0.1, 0.15) is 6.42 Å². The van der Waals surface area contributed by atoms with Gasteiger partial charge >= 0.3 is 0 Å². The van der Waals surface area contributed by atoms with Crippen molar-refractivity contribution in [3.05, 3.63) is 23.4 Å². The van der Waals surface area contributed by atoms with Crippen molar-refractivity contribution >= 4 is 0 Å². The molecule has 0 radical (unpaired) electrons. The Morgan fingerprint density at radius 1 is 1.50 bits per heavy atom. The molecular weight excluding hydrogens is 152 g/mol. The van der Waals surface area contributed by atoms with Crippen LogP contribution in [0.25, 0.3) is 0 Å². The molecule has 3 heterocycles. The molecule has 0 bridgehead atoms. The Morgan fingerprint density at radius 3 is 3.50 bits per heavy atom. The van der Waals surface area contributed by atoms with Gasteiger partial charge in [0.1, 0.15) is 6.10 Å². The lowest BCUT2D eigenvalue weighted by Crippen LogP contribution is -2.26. The average molecular weight is 164 g/mol. The molecule has 3 rings (SSSR count). The van der Waals surface area contributed by atoms with Crippen LogP contribution in [0, 0.1) is 0 Å². The van der Waals surface area contributed by atoms with Crippen LogP contribution < -0.4 is 10.6 Å². The first-order valence-electron chi connectivity index (χ1n) is 4.46. The summed E-state index contributed by atoms with van der Waals surface area (Å²) in [5.74, 6) is 0. The van der Waals surface area contributed by atoms with Gasteiger partial charge in [-0.05, 0) is 36.4 Å². The predicted molar refractivity (Wildman–Crippen MR) is 45.4 cm³/mol. The highest BCUT2D eigenvalue weighted by Gasteiger charge is 2.43. The summed E-state index contributed by atoms with van der Waals surface area (Å²) < 4.78 is 5.48. The molecule has 0 aromatic rings. The Kier molecular flexibility index (Phi) is 1.31. The van der Waals surface area contributed by atoms with E-state index in [1.807, 2.05) is 6.20 Å². The van der Waals surface area contributed by atoms with Crippen LogP contribution >= 0.6 is 0 Å². The number of epoxide rings is 1. The van der Waals surface area contributed by atoms with Gasteiger partial charge in [0.2, 0.25) is 0 Å². The maximum absolute atomic E-state index is 5.48. The molecule has 3 nitrogen and oxygen atoms in total. The Bertz CT molecular complexity index is 270. The number of rotatable bonds is 0. The van der Waals surface area contributed by atoms with Crippen molar-refractivity contribution in [2.45, 2.75) is 18.8 Å². The fraction of sp³-hybridized carbons (Fsp3) is 0.556. The van der Waals surface area contributed by atoms with Crippen molar-refractivity contribution in [1.82, 2.24) is 10.6 Å². The highest BCUT2D eigenvalue weighted by molar-refractivity contribution is 5.36. The van der Waals surface area contributed by atoms with Gasteiger partial charge in [-0.1, -0.05) is 0 Å². The summed E-state index contributed by atoms with van der Waals surface area (Å²) in [5, 5.41) is 6.56. The second kappa shape index (κ2) is 2.34. The summed E-state index contributed by atoms with van der Waals surface area (Å²) in [5.41, 5.74) is 2.92. The highest BCUT2D eigenvalue weighted by atomic mass is 16.6. The molecule has 0 saturated carbocycles. The van der Waals surface area contributed by atoms with E-state index in [1.165, 1.54) is 11.1 Å². The Morgan fingerprint density at radius 2 is 2.50 bits per heavy atom. The third kappa shape index (κ3) is 0.901. The SMILES string of the molecule is C1=CC2=C(CCNC2)C2OC2N1. The van der Waals surface area contributed by atoms with Crippen molar-refractivity contribution in [2.75, 3.05) is 13.1 Å². The lowest BCUT2D eigenvalue weighted by molar-refractivity contribution is 0.365. The molecule has 0 aromatic heterocycles. The molecule has 1 saturated heterocycles. The second-order valence-corrected chi connectivity index (χ2v) is 3.45. The zero-order valence-electron chi connectivity index (χ0n) is 6.84. The van der Waals surface area contributed by atoms with Crippen LogP contribution in [-0.2, 0) is 4.74 Å². The van der Waals surface area contributed by atoms with E-state index in [1.54, 1.807) is 0 Å². The molecule has 1 fully saturated rings. The van der Waals surface area contributed by atoms with Gasteiger partial charge in [-0.15, -0.1) is 0 Å². The number of ether oxygens (including phenoxy) is 1.